The van der Waals surface area contributed by atoms with Crippen LogP contribution in [0.2, 0.25) is 0 Å². The van der Waals surface area contributed by atoms with Crippen molar-refractivity contribution in [3.63, 3.8) is 0 Å². The van der Waals surface area contributed by atoms with E-state index in [4.69, 9.17) is 9.47 Å². The fraction of sp³-hybridized carbons (Fsp3) is 0.158. The average molecular weight is 371 g/mol. The molecule has 7 heteroatoms. The van der Waals surface area contributed by atoms with E-state index in [9.17, 15) is 14.7 Å². The number of benzene rings is 2. The van der Waals surface area contributed by atoms with Gasteiger partial charge in [-0.3, -0.25) is 9.59 Å². The number of carbonyl (C=O) groups excluding carboxylic acids is 2. The molecule has 1 aliphatic heterocycles. The maximum absolute atomic E-state index is 12.7. The highest BCUT2D eigenvalue weighted by molar-refractivity contribution is 8.19. The van der Waals surface area contributed by atoms with Crippen LogP contribution in [0.5, 0.6) is 17.2 Å². The quantitative estimate of drug-likeness (QED) is 0.800. The van der Waals surface area contributed by atoms with E-state index in [1.54, 1.807) is 42.5 Å². The molecule has 2 amide bonds. The van der Waals surface area contributed by atoms with Crippen molar-refractivity contribution in [2.75, 3.05) is 18.6 Å². The Morgan fingerprint density at radius 1 is 1.19 bits per heavy atom. The Labute approximate surface area is 155 Å². The first-order valence-corrected chi connectivity index (χ1v) is 8.73. The van der Waals surface area contributed by atoms with Crippen LogP contribution in [0.1, 0.15) is 12.5 Å². The number of imide groups is 1. The second kappa shape index (κ2) is 7.53. The van der Waals surface area contributed by atoms with Crippen LogP contribution in [0.15, 0.2) is 47.4 Å². The van der Waals surface area contributed by atoms with Crippen LogP contribution in [0.3, 0.4) is 0 Å². The van der Waals surface area contributed by atoms with Crippen LogP contribution in [-0.2, 0) is 4.79 Å². The summed E-state index contributed by atoms with van der Waals surface area (Å²) in [5.41, 5.74) is 1.11. The van der Waals surface area contributed by atoms with Gasteiger partial charge in [0, 0.05) is 6.07 Å². The second-order valence-corrected chi connectivity index (χ2v) is 6.37. The van der Waals surface area contributed by atoms with Crippen molar-refractivity contribution in [3.05, 3.63) is 52.9 Å². The van der Waals surface area contributed by atoms with Gasteiger partial charge in [0.25, 0.3) is 11.1 Å². The Hall–Kier alpha value is -2.93. The molecule has 0 aromatic heterocycles. The van der Waals surface area contributed by atoms with Gasteiger partial charge in [-0.2, -0.15) is 0 Å². The van der Waals surface area contributed by atoms with E-state index in [0.29, 0.717) is 34.3 Å². The summed E-state index contributed by atoms with van der Waals surface area (Å²) >= 11 is 0.863. The van der Waals surface area contributed by atoms with Crippen LogP contribution in [-0.4, -0.2) is 30.0 Å². The number of anilines is 1. The van der Waals surface area contributed by atoms with Gasteiger partial charge in [-0.15, -0.1) is 0 Å². The monoisotopic (exact) mass is 371 g/mol. The summed E-state index contributed by atoms with van der Waals surface area (Å²) in [5.74, 6) is 0.506. The van der Waals surface area contributed by atoms with E-state index in [0.717, 1.165) is 16.7 Å². The Morgan fingerprint density at radius 2 is 2.00 bits per heavy atom. The fourth-order valence-corrected chi connectivity index (χ4v) is 3.32. The number of thioether (sulfide) groups is 1. The van der Waals surface area contributed by atoms with Gasteiger partial charge in [0.05, 0.1) is 24.3 Å². The predicted molar refractivity (Wildman–Crippen MR) is 101 cm³/mol. The summed E-state index contributed by atoms with van der Waals surface area (Å²) in [6.45, 7) is 2.22. The number of aromatic hydroxyl groups is 1. The molecule has 2 aromatic carbocycles. The smallest absolute Gasteiger partial charge is 0.298 e. The Kier molecular flexibility index (Phi) is 5.18. The van der Waals surface area contributed by atoms with E-state index < -0.39 is 5.91 Å². The first-order chi connectivity index (χ1) is 12.5. The molecule has 1 N–H and O–H groups in total. The third-order valence-corrected chi connectivity index (χ3v) is 4.56. The van der Waals surface area contributed by atoms with Crippen molar-refractivity contribution >= 4 is 34.7 Å². The second-order valence-electron chi connectivity index (χ2n) is 5.38. The number of hydrogen-bond acceptors (Lipinski definition) is 6. The topological polar surface area (TPSA) is 76.1 Å². The number of methoxy groups -OCH3 is 1. The van der Waals surface area contributed by atoms with E-state index in [1.165, 1.54) is 13.2 Å². The summed E-state index contributed by atoms with van der Waals surface area (Å²) in [6, 6.07) is 11.5. The molecule has 0 bridgehead atoms. The van der Waals surface area contributed by atoms with Crippen LogP contribution < -0.4 is 14.4 Å². The standard InChI is InChI=1S/C19H17NO5S/c1-3-25-16-9-12(7-8-15(16)21)10-17-18(22)20(19(23)26-17)13-5-4-6-14(11-13)24-2/h4-11,21H,3H2,1-2H3/b17-10-. The summed E-state index contributed by atoms with van der Waals surface area (Å²) in [7, 11) is 1.52. The Morgan fingerprint density at radius 3 is 2.73 bits per heavy atom. The molecule has 134 valence electrons. The van der Waals surface area contributed by atoms with Gasteiger partial charge in [-0.05, 0) is 54.6 Å². The summed E-state index contributed by atoms with van der Waals surface area (Å²) in [6.07, 6.45) is 1.60. The molecular weight excluding hydrogens is 354 g/mol. The highest BCUT2D eigenvalue weighted by Gasteiger charge is 2.36. The van der Waals surface area contributed by atoms with Gasteiger partial charge in [-0.1, -0.05) is 12.1 Å². The molecule has 26 heavy (non-hydrogen) atoms. The number of phenols is 1. The third kappa shape index (κ3) is 3.52. The molecule has 1 saturated heterocycles. The van der Waals surface area contributed by atoms with Gasteiger partial charge in [0.2, 0.25) is 0 Å². The molecule has 2 aromatic rings. The molecule has 0 unspecified atom stereocenters. The minimum absolute atomic E-state index is 0.0217. The first-order valence-electron chi connectivity index (χ1n) is 7.91. The van der Waals surface area contributed by atoms with Crippen LogP contribution in [0.25, 0.3) is 6.08 Å². The molecule has 0 atom stereocenters. The molecule has 0 saturated carbocycles. The van der Waals surface area contributed by atoms with E-state index >= 15 is 0 Å². The van der Waals surface area contributed by atoms with Crippen molar-refractivity contribution in [1.29, 1.82) is 0 Å². The zero-order valence-corrected chi connectivity index (χ0v) is 15.1. The predicted octanol–water partition coefficient (Wildman–Crippen LogP) is 4.04. The number of carbonyl (C=O) groups is 2. The van der Waals surface area contributed by atoms with Gasteiger partial charge in [0.15, 0.2) is 11.5 Å². The van der Waals surface area contributed by atoms with Crippen LogP contribution >= 0.6 is 11.8 Å². The lowest BCUT2D eigenvalue weighted by Gasteiger charge is -2.13. The van der Waals surface area contributed by atoms with E-state index in [-0.39, 0.29) is 11.0 Å². The van der Waals surface area contributed by atoms with Crippen molar-refractivity contribution < 1.29 is 24.2 Å². The summed E-state index contributed by atoms with van der Waals surface area (Å²) < 4.78 is 10.5. The number of nitrogens with zero attached hydrogens (tertiary/aromatic N) is 1. The minimum Gasteiger partial charge on any atom is -0.504 e. The number of phenolic OH excluding ortho intramolecular Hbond substituents is 1. The maximum atomic E-state index is 12.7. The lowest BCUT2D eigenvalue weighted by Crippen LogP contribution is -2.27. The van der Waals surface area contributed by atoms with Crippen LogP contribution in [0, 0.1) is 0 Å². The maximum Gasteiger partial charge on any atom is 0.298 e. The lowest BCUT2D eigenvalue weighted by atomic mass is 10.2. The lowest BCUT2D eigenvalue weighted by molar-refractivity contribution is -0.113. The Bertz CT molecular complexity index is 893. The zero-order chi connectivity index (χ0) is 18.7. The molecule has 1 heterocycles. The third-order valence-electron chi connectivity index (χ3n) is 3.69. The van der Waals surface area contributed by atoms with Crippen molar-refractivity contribution in [2.24, 2.45) is 0 Å². The first kappa shape index (κ1) is 17.9. The molecule has 6 nitrogen and oxygen atoms in total. The molecule has 0 radical (unpaired) electrons. The molecule has 1 aliphatic rings. The average Bonchev–Trinajstić information content (AvgIpc) is 2.91. The minimum atomic E-state index is -0.403. The highest BCUT2D eigenvalue weighted by Crippen LogP contribution is 2.37. The number of hydrogen-bond donors (Lipinski definition) is 1. The highest BCUT2D eigenvalue weighted by atomic mass is 32.2. The van der Waals surface area contributed by atoms with Crippen molar-refractivity contribution in [1.82, 2.24) is 0 Å². The molecule has 0 spiro atoms. The van der Waals surface area contributed by atoms with E-state index in [2.05, 4.69) is 0 Å². The van der Waals surface area contributed by atoms with E-state index in [1.807, 2.05) is 6.92 Å². The number of amides is 2. The van der Waals surface area contributed by atoms with Crippen molar-refractivity contribution in [3.8, 4) is 17.2 Å². The summed E-state index contributed by atoms with van der Waals surface area (Å²) in [4.78, 5) is 26.4. The molecular formula is C19H17NO5S. The van der Waals surface area contributed by atoms with Crippen molar-refractivity contribution in [2.45, 2.75) is 6.92 Å². The molecule has 3 rings (SSSR count). The normalized spacial score (nSPS) is 15.6. The molecule has 0 aliphatic carbocycles. The van der Waals surface area contributed by atoms with Crippen LogP contribution in [0.4, 0.5) is 10.5 Å². The largest absolute Gasteiger partial charge is 0.504 e. The number of rotatable bonds is 5. The Balaban J connectivity index is 1.91. The molecule has 1 fully saturated rings. The number of ether oxygens (including phenoxy) is 2. The van der Waals surface area contributed by atoms with Gasteiger partial charge in [0.1, 0.15) is 5.75 Å². The zero-order valence-electron chi connectivity index (χ0n) is 14.3. The fourth-order valence-electron chi connectivity index (χ4n) is 2.48. The van der Waals surface area contributed by atoms with Gasteiger partial charge in [-0.25, -0.2) is 4.90 Å². The van der Waals surface area contributed by atoms with Gasteiger partial charge < -0.3 is 14.6 Å². The van der Waals surface area contributed by atoms with Gasteiger partial charge >= 0.3 is 0 Å². The SMILES string of the molecule is CCOc1cc(/C=C2\SC(=O)N(c3cccc(OC)c3)C2=O)ccc1O. The summed E-state index contributed by atoms with van der Waals surface area (Å²) in [5, 5.41) is 9.39.